The van der Waals surface area contributed by atoms with Crippen molar-refractivity contribution in [2.24, 2.45) is 0 Å². The molecule has 0 atom stereocenters. The molecule has 0 bridgehead atoms. The second-order valence-corrected chi connectivity index (χ2v) is 5.55. The van der Waals surface area contributed by atoms with Crippen LogP contribution in [0.5, 0.6) is 0 Å². The molecule has 0 spiro atoms. The lowest BCUT2D eigenvalue weighted by Gasteiger charge is -2.11. The molecule has 0 aliphatic carbocycles. The summed E-state index contributed by atoms with van der Waals surface area (Å²) in [6.07, 6.45) is 2.94. The van der Waals surface area contributed by atoms with E-state index < -0.39 is 0 Å². The third-order valence-corrected chi connectivity index (χ3v) is 4.32. The molecule has 22 heavy (non-hydrogen) atoms. The van der Waals surface area contributed by atoms with E-state index in [1.165, 1.54) is 32.7 Å². The normalized spacial score (nSPS) is 11.1. The van der Waals surface area contributed by atoms with Crippen molar-refractivity contribution in [3.8, 4) is 11.3 Å². The largest absolute Gasteiger partial charge is 0.256 e. The minimum atomic E-state index is 1.02. The van der Waals surface area contributed by atoms with E-state index in [9.17, 15) is 0 Å². The van der Waals surface area contributed by atoms with Crippen LogP contribution in [0, 0.1) is 0 Å². The highest BCUT2D eigenvalue weighted by Crippen LogP contribution is 2.33. The Bertz CT molecular complexity index is 970. The Kier molecular flexibility index (Phi) is 3.12. The fourth-order valence-corrected chi connectivity index (χ4v) is 3.21. The first kappa shape index (κ1) is 13.0. The molecule has 0 aliphatic heterocycles. The highest BCUT2D eigenvalue weighted by atomic mass is 14.7. The number of hydrogen-bond donors (Lipinski definition) is 0. The van der Waals surface area contributed by atoms with Gasteiger partial charge in [-0.3, -0.25) is 4.98 Å². The van der Waals surface area contributed by atoms with Gasteiger partial charge in [0.05, 0.1) is 5.69 Å². The molecule has 1 nitrogen and oxygen atoms in total. The van der Waals surface area contributed by atoms with Gasteiger partial charge in [0.1, 0.15) is 0 Å². The van der Waals surface area contributed by atoms with Crippen molar-refractivity contribution in [2.75, 3.05) is 0 Å². The molecule has 0 radical (unpaired) electrons. The third-order valence-electron chi connectivity index (χ3n) is 4.32. The van der Waals surface area contributed by atoms with Crippen molar-refractivity contribution in [3.05, 3.63) is 78.5 Å². The first-order chi connectivity index (χ1) is 10.9. The van der Waals surface area contributed by atoms with Gasteiger partial charge in [-0.25, -0.2) is 0 Å². The molecule has 1 heteroatoms. The van der Waals surface area contributed by atoms with Gasteiger partial charge in [0.25, 0.3) is 0 Å². The van der Waals surface area contributed by atoms with Crippen LogP contribution < -0.4 is 0 Å². The van der Waals surface area contributed by atoms with Crippen molar-refractivity contribution in [3.63, 3.8) is 0 Å². The van der Waals surface area contributed by atoms with Gasteiger partial charge in [-0.1, -0.05) is 67.6 Å². The Balaban J connectivity index is 2.09. The van der Waals surface area contributed by atoms with Gasteiger partial charge in [-0.2, -0.15) is 0 Å². The molecule has 106 valence electrons. The van der Waals surface area contributed by atoms with Gasteiger partial charge >= 0.3 is 0 Å². The predicted octanol–water partition coefficient (Wildman–Crippen LogP) is 5.62. The Labute approximate surface area is 130 Å². The number of rotatable bonds is 2. The van der Waals surface area contributed by atoms with Gasteiger partial charge in [-0.15, -0.1) is 0 Å². The Morgan fingerprint density at radius 2 is 1.55 bits per heavy atom. The maximum absolute atomic E-state index is 4.69. The van der Waals surface area contributed by atoms with Crippen LogP contribution >= 0.6 is 0 Å². The number of pyridine rings is 1. The summed E-state index contributed by atoms with van der Waals surface area (Å²) < 4.78 is 0. The first-order valence-corrected chi connectivity index (χ1v) is 7.73. The Morgan fingerprint density at radius 1 is 0.727 bits per heavy atom. The van der Waals surface area contributed by atoms with Crippen molar-refractivity contribution in [2.45, 2.75) is 13.3 Å². The zero-order valence-corrected chi connectivity index (χ0v) is 12.6. The maximum Gasteiger partial charge on any atom is 0.0783 e. The highest BCUT2D eigenvalue weighted by Gasteiger charge is 2.10. The van der Waals surface area contributed by atoms with E-state index in [-0.39, 0.29) is 0 Å². The quantitative estimate of drug-likeness (QED) is 0.435. The van der Waals surface area contributed by atoms with E-state index in [0.717, 1.165) is 12.1 Å². The molecule has 4 rings (SSSR count). The van der Waals surface area contributed by atoms with E-state index in [1.807, 2.05) is 6.20 Å². The fourth-order valence-electron chi connectivity index (χ4n) is 3.21. The zero-order valence-electron chi connectivity index (χ0n) is 12.6. The lowest BCUT2D eigenvalue weighted by atomic mass is 9.96. The summed E-state index contributed by atoms with van der Waals surface area (Å²) in [5.41, 5.74) is 3.67. The van der Waals surface area contributed by atoms with Crippen LogP contribution in [0.1, 0.15) is 12.5 Å². The van der Waals surface area contributed by atoms with Gasteiger partial charge in [0.15, 0.2) is 0 Å². The molecule has 1 aromatic heterocycles. The van der Waals surface area contributed by atoms with Gasteiger partial charge in [0.2, 0.25) is 0 Å². The van der Waals surface area contributed by atoms with Crippen LogP contribution in [0.4, 0.5) is 0 Å². The van der Waals surface area contributed by atoms with Crippen molar-refractivity contribution >= 4 is 21.5 Å². The molecule has 0 unspecified atom stereocenters. The van der Waals surface area contributed by atoms with Gasteiger partial charge in [-0.05, 0) is 34.2 Å². The van der Waals surface area contributed by atoms with E-state index >= 15 is 0 Å². The molecule has 4 aromatic rings. The minimum Gasteiger partial charge on any atom is -0.256 e. The average molecular weight is 283 g/mol. The summed E-state index contributed by atoms with van der Waals surface area (Å²) in [4.78, 5) is 4.69. The summed E-state index contributed by atoms with van der Waals surface area (Å²) in [7, 11) is 0. The van der Waals surface area contributed by atoms with Crippen LogP contribution in [0.25, 0.3) is 32.8 Å². The molecule has 0 saturated carbocycles. The van der Waals surface area contributed by atoms with Gasteiger partial charge < -0.3 is 0 Å². The van der Waals surface area contributed by atoms with Crippen molar-refractivity contribution in [1.82, 2.24) is 4.98 Å². The molecular formula is C21H17N. The van der Waals surface area contributed by atoms with E-state index in [2.05, 4.69) is 73.7 Å². The summed E-state index contributed by atoms with van der Waals surface area (Å²) in [6, 6.07) is 23.6. The van der Waals surface area contributed by atoms with Crippen molar-refractivity contribution < 1.29 is 0 Å². The van der Waals surface area contributed by atoms with E-state index in [0.29, 0.717) is 0 Å². The number of aryl methyl sites for hydroxylation is 1. The minimum absolute atomic E-state index is 1.02. The zero-order chi connectivity index (χ0) is 14.9. The Morgan fingerprint density at radius 3 is 2.45 bits per heavy atom. The number of benzene rings is 3. The number of nitrogens with zero attached hydrogens (tertiary/aromatic N) is 1. The fraction of sp³-hybridized carbons (Fsp3) is 0.0952. The van der Waals surface area contributed by atoms with Crippen LogP contribution in [-0.4, -0.2) is 4.98 Å². The SMILES string of the molecule is CCc1ccccc1-c1nccc2c1ccc1ccccc12. The summed E-state index contributed by atoms with van der Waals surface area (Å²) in [5, 5.41) is 5.06. The first-order valence-electron chi connectivity index (χ1n) is 7.73. The Hall–Kier alpha value is -2.67. The number of hydrogen-bond acceptors (Lipinski definition) is 1. The number of fused-ring (bicyclic) bond motifs is 3. The maximum atomic E-state index is 4.69. The van der Waals surface area contributed by atoms with E-state index in [1.54, 1.807) is 0 Å². The molecule has 3 aromatic carbocycles. The smallest absolute Gasteiger partial charge is 0.0783 e. The molecule has 0 aliphatic rings. The molecule has 1 heterocycles. The van der Waals surface area contributed by atoms with Crippen LogP contribution in [-0.2, 0) is 6.42 Å². The average Bonchev–Trinajstić information content (AvgIpc) is 2.61. The molecule has 0 amide bonds. The lowest BCUT2D eigenvalue weighted by molar-refractivity contribution is 1.14. The highest BCUT2D eigenvalue weighted by molar-refractivity contribution is 6.11. The summed E-state index contributed by atoms with van der Waals surface area (Å²) in [6.45, 7) is 2.19. The lowest BCUT2D eigenvalue weighted by Crippen LogP contribution is -1.91. The predicted molar refractivity (Wildman–Crippen MR) is 94.1 cm³/mol. The second kappa shape index (κ2) is 5.27. The topological polar surface area (TPSA) is 12.9 Å². The van der Waals surface area contributed by atoms with Crippen LogP contribution in [0.2, 0.25) is 0 Å². The van der Waals surface area contributed by atoms with E-state index in [4.69, 9.17) is 4.98 Å². The molecule has 0 saturated heterocycles. The van der Waals surface area contributed by atoms with Crippen LogP contribution in [0.15, 0.2) is 72.9 Å². The van der Waals surface area contributed by atoms with Crippen LogP contribution in [0.3, 0.4) is 0 Å². The monoisotopic (exact) mass is 283 g/mol. The third kappa shape index (κ3) is 1.98. The molecule has 0 fully saturated rings. The molecule has 0 N–H and O–H groups in total. The summed E-state index contributed by atoms with van der Waals surface area (Å²) >= 11 is 0. The second-order valence-electron chi connectivity index (χ2n) is 5.55. The summed E-state index contributed by atoms with van der Waals surface area (Å²) in [5.74, 6) is 0. The standard InChI is InChI=1S/C21H17N/c1-2-15-7-3-6-10-18(15)21-20-12-11-16-8-4-5-9-17(16)19(20)13-14-22-21/h3-14H,2H2,1H3. The van der Waals surface area contributed by atoms with Crippen molar-refractivity contribution in [1.29, 1.82) is 0 Å². The van der Waals surface area contributed by atoms with Gasteiger partial charge in [0, 0.05) is 17.1 Å². The molecular weight excluding hydrogens is 266 g/mol. The number of aromatic nitrogens is 1.